The van der Waals surface area contributed by atoms with E-state index in [9.17, 15) is 23.3 Å². The van der Waals surface area contributed by atoms with Crippen LogP contribution in [-0.4, -0.2) is 25.8 Å². The number of hydrogen-bond donors (Lipinski definition) is 2. The first-order valence-electron chi connectivity index (χ1n) is 6.88. The monoisotopic (exact) mass is 418 g/mol. The minimum Gasteiger partial charge on any atom is -0.293 e. The normalized spacial score (nSPS) is 11.0. The topological polar surface area (TPSA) is 136 Å². The molecule has 0 unspecified atom stereocenters. The van der Waals surface area contributed by atoms with Gasteiger partial charge in [-0.25, -0.2) is 14.3 Å². The van der Waals surface area contributed by atoms with E-state index in [-0.39, 0.29) is 15.7 Å². The largest absolute Gasteiger partial charge is 0.293 e. The molecule has 0 aromatic heterocycles. The molecule has 0 spiro atoms. The number of carbonyl (C=O) groups excluding carboxylic acids is 1. The molecule has 1 amide bonds. The molecule has 26 heavy (non-hydrogen) atoms. The van der Waals surface area contributed by atoms with Crippen LogP contribution in [0.25, 0.3) is 0 Å². The fourth-order valence-corrected chi connectivity index (χ4v) is 4.20. The van der Waals surface area contributed by atoms with Gasteiger partial charge in [0.05, 0.1) is 10.6 Å². The van der Waals surface area contributed by atoms with Gasteiger partial charge in [-0.3, -0.25) is 24.6 Å². The van der Waals surface area contributed by atoms with Crippen LogP contribution in [0.4, 0.5) is 11.4 Å². The molecule has 0 aliphatic heterocycles. The predicted molar refractivity (Wildman–Crippen MR) is 96.4 cm³/mol. The highest BCUT2D eigenvalue weighted by Crippen LogP contribution is 2.32. The Hall–Kier alpha value is -2.40. The summed E-state index contributed by atoms with van der Waals surface area (Å²) in [5.74, 6) is 4.19. The number of nitro benzene ring substituents is 1. The van der Waals surface area contributed by atoms with Crippen LogP contribution in [0.2, 0.25) is 10.0 Å². The molecule has 138 valence electrons. The number of hydrogen-bond acceptors (Lipinski definition) is 6. The molecule has 0 aliphatic carbocycles. The van der Waals surface area contributed by atoms with Crippen LogP contribution in [-0.2, 0) is 14.8 Å². The number of nitro groups is 1. The van der Waals surface area contributed by atoms with E-state index in [1.807, 2.05) is 5.43 Å². The fraction of sp³-hybridized carbons (Fsp3) is 0.0714. The Kier molecular flexibility index (Phi) is 6.03. The van der Waals surface area contributed by atoms with Crippen molar-refractivity contribution < 1.29 is 18.1 Å². The Labute approximate surface area is 158 Å². The molecule has 0 radical (unpaired) electrons. The molecule has 3 N–H and O–H groups in total. The summed E-state index contributed by atoms with van der Waals surface area (Å²) in [5, 5.41) is 11.4. The molecular formula is C14H12Cl2N4O5S. The van der Waals surface area contributed by atoms with Gasteiger partial charge in [0, 0.05) is 16.1 Å². The van der Waals surface area contributed by atoms with Gasteiger partial charge < -0.3 is 0 Å². The zero-order valence-corrected chi connectivity index (χ0v) is 15.3. The van der Waals surface area contributed by atoms with Gasteiger partial charge in [-0.05, 0) is 24.3 Å². The first kappa shape index (κ1) is 19.9. The number of sulfonamides is 1. The third-order valence-corrected chi connectivity index (χ3v) is 5.47. The standard InChI is InChI=1S/C14H12Cl2N4O5S/c15-9-5-10(16)7-11(6-9)19(8-14(21)18-17)26(24,25)13-4-2-1-3-12(13)20(22)23/h1-7H,8,17H2,(H,18,21). The van der Waals surface area contributed by atoms with E-state index in [2.05, 4.69) is 0 Å². The summed E-state index contributed by atoms with van der Waals surface area (Å²) in [6.07, 6.45) is 0. The number of carbonyl (C=O) groups is 1. The van der Waals surface area contributed by atoms with Crippen LogP contribution >= 0.6 is 23.2 Å². The molecule has 0 heterocycles. The van der Waals surface area contributed by atoms with E-state index in [0.717, 1.165) is 12.1 Å². The van der Waals surface area contributed by atoms with E-state index in [4.69, 9.17) is 29.0 Å². The van der Waals surface area contributed by atoms with Gasteiger partial charge in [0.2, 0.25) is 0 Å². The molecule has 0 bridgehead atoms. The lowest BCUT2D eigenvalue weighted by atomic mass is 10.3. The lowest BCUT2D eigenvalue weighted by molar-refractivity contribution is -0.387. The van der Waals surface area contributed by atoms with Crippen molar-refractivity contribution in [3.05, 3.63) is 62.6 Å². The number of para-hydroxylation sites is 1. The summed E-state index contributed by atoms with van der Waals surface area (Å²) in [7, 11) is -4.51. The molecule has 2 aromatic rings. The van der Waals surface area contributed by atoms with Crippen molar-refractivity contribution >= 4 is 50.5 Å². The van der Waals surface area contributed by atoms with Crippen LogP contribution in [0, 0.1) is 10.1 Å². The van der Waals surface area contributed by atoms with Crippen LogP contribution in [0.3, 0.4) is 0 Å². The molecule has 0 atom stereocenters. The lowest BCUT2D eigenvalue weighted by Gasteiger charge is -2.24. The van der Waals surface area contributed by atoms with Gasteiger partial charge in [0.25, 0.3) is 21.6 Å². The second-order valence-electron chi connectivity index (χ2n) is 4.93. The molecule has 0 aliphatic rings. The third-order valence-electron chi connectivity index (χ3n) is 3.21. The first-order valence-corrected chi connectivity index (χ1v) is 9.08. The third kappa shape index (κ3) is 4.22. The quantitative estimate of drug-likeness (QED) is 0.319. The molecule has 9 nitrogen and oxygen atoms in total. The smallest absolute Gasteiger partial charge is 0.289 e. The molecule has 0 fully saturated rings. The van der Waals surface area contributed by atoms with E-state index >= 15 is 0 Å². The molecule has 2 aromatic carbocycles. The van der Waals surface area contributed by atoms with Crippen molar-refractivity contribution in [2.45, 2.75) is 4.90 Å². The Morgan fingerprint density at radius 3 is 2.31 bits per heavy atom. The van der Waals surface area contributed by atoms with Gasteiger partial charge in [-0.1, -0.05) is 35.3 Å². The second-order valence-corrected chi connectivity index (χ2v) is 7.64. The fourth-order valence-electron chi connectivity index (χ4n) is 2.12. The molecular weight excluding hydrogens is 407 g/mol. The van der Waals surface area contributed by atoms with E-state index in [1.165, 1.54) is 30.3 Å². The predicted octanol–water partition coefficient (Wildman–Crippen LogP) is 2.09. The summed E-state index contributed by atoms with van der Waals surface area (Å²) in [6.45, 7) is -0.735. The lowest BCUT2D eigenvalue weighted by Crippen LogP contribution is -2.43. The van der Waals surface area contributed by atoms with E-state index in [0.29, 0.717) is 4.31 Å². The molecule has 12 heteroatoms. The van der Waals surface area contributed by atoms with Gasteiger partial charge in [-0.15, -0.1) is 0 Å². The maximum Gasteiger partial charge on any atom is 0.289 e. The van der Waals surface area contributed by atoms with Crippen molar-refractivity contribution in [1.82, 2.24) is 5.43 Å². The molecule has 2 rings (SSSR count). The van der Waals surface area contributed by atoms with Crippen molar-refractivity contribution in [3.8, 4) is 0 Å². The highest BCUT2D eigenvalue weighted by Gasteiger charge is 2.33. The SMILES string of the molecule is NNC(=O)CN(c1cc(Cl)cc(Cl)c1)S(=O)(=O)c1ccccc1[N+](=O)[O-]. The van der Waals surface area contributed by atoms with Crippen molar-refractivity contribution in [2.75, 3.05) is 10.8 Å². The number of hydrazine groups is 1. The summed E-state index contributed by atoms with van der Waals surface area (Å²) in [4.78, 5) is 21.5. The molecule has 0 saturated heterocycles. The van der Waals surface area contributed by atoms with Crippen molar-refractivity contribution in [3.63, 3.8) is 0 Å². The van der Waals surface area contributed by atoms with Gasteiger partial charge >= 0.3 is 0 Å². The first-order chi connectivity index (χ1) is 12.2. The van der Waals surface area contributed by atoms with Crippen LogP contribution < -0.4 is 15.6 Å². The Bertz CT molecular complexity index is 947. The van der Waals surface area contributed by atoms with Crippen molar-refractivity contribution in [2.24, 2.45) is 5.84 Å². The number of nitrogens with zero attached hydrogens (tertiary/aromatic N) is 2. The molecule has 0 saturated carbocycles. The number of benzene rings is 2. The number of rotatable bonds is 6. The maximum absolute atomic E-state index is 13.0. The van der Waals surface area contributed by atoms with Crippen LogP contribution in [0.5, 0.6) is 0 Å². The van der Waals surface area contributed by atoms with Crippen molar-refractivity contribution in [1.29, 1.82) is 0 Å². The highest BCUT2D eigenvalue weighted by atomic mass is 35.5. The van der Waals surface area contributed by atoms with Crippen LogP contribution in [0.15, 0.2) is 47.4 Å². The summed E-state index contributed by atoms with van der Waals surface area (Å²) in [5.41, 5.74) is 1.12. The Morgan fingerprint density at radius 1 is 1.19 bits per heavy atom. The average Bonchev–Trinajstić information content (AvgIpc) is 2.58. The average molecular weight is 419 g/mol. The maximum atomic E-state index is 13.0. The zero-order valence-electron chi connectivity index (χ0n) is 12.9. The van der Waals surface area contributed by atoms with Gasteiger partial charge in [-0.2, -0.15) is 0 Å². The number of amides is 1. The van der Waals surface area contributed by atoms with Gasteiger partial charge in [0.1, 0.15) is 6.54 Å². The minimum atomic E-state index is -4.51. The van der Waals surface area contributed by atoms with E-state index < -0.39 is 38.0 Å². The van der Waals surface area contributed by atoms with Gasteiger partial charge in [0.15, 0.2) is 4.90 Å². The second kappa shape index (κ2) is 7.87. The number of nitrogens with two attached hydrogens (primary N) is 1. The number of nitrogens with one attached hydrogen (secondary N) is 1. The highest BCUT2D eigenvalue weighted by molar-refractivity contribution is 7.93. The summed E-state index contributed by atoms with van der Waals surface area (Å²) >= 11 is 11.8. The Morgan fingerprint density at radius 2 is 1.77 bits per heavy atom. The zero-order chi connectivity index (χ0) is 19.5. The summed E-state index contributed by atoms with van der Waals surface area (Å²) < 4.78 is 26.7. The number of anilines is 1. The van der Waals surface area contributed by atoms with Crippen LogP contribution in [0.1, 0.15) is 0 Å². The van der Waals surface area contributed by atoms with E-state index in [1.54, 1.807) is 0 Å². The summed E-state index contributed by atoms with van der Waals surface area (Å²) in [6, 6.07) is 8.63. The Balaban J connectivity index is 2.68. The number of halogens is 2. The minimum absolute atomic E-state index is 0.0516.